The Morgan fingerprint density at radius 2 is 2.14 bits per heavy atom. The Morgan fingerprint density at radius 1 is 1.48 bits per heavy atom. The van der Waals surface area contributed by atoms with E-state index in [-0.39, 0.29) is 26.1 Å². The smallest absolute Gasteiger partial charge is 0.319 e. The molecule has 1 aromatic rings. The van der Waals surface area contributed by atoms with Crippen LogP contribution in [0.2, 0.25) is 5.02 Å². The van der Waals surface area contributed by atoms with Crippen LogP contribution in [0, 0.1) is 5.41 Å². The van der Waals surface area contributed by atoms with Crippen LogP contribution in [-0.2, 0) is 14.3 Å². The molecule has 1 fully saturated rings. The first-order chi connectivity index (χ1) is 9.97. The summed E-state index contributed by atoms with van der Waals surface area (Å²) in [4.78, 5) is 28.1. The van der Waals surface area contributed by atoms with Crippen LogP contribution < -0.4 is 5.32 Å². The van der Waals surface area contributed by atoms with Crippen molar-refractivity contribution in [1.82, 2.24) is 10.3 Å². The Hall–Kier alpha value is -1.66. The number of carboxylic acid groups (broad SMARTS) is 1. The number of amides is 1. The predicted octanol–water partition coefficient (Wildman–Crippen LogP) is 1.79. The molecule has 6 nitrogen and oxygen atoms in total. The molecule has 1 aliphatic rings. The molecule has 1 aliphatic heterocycles. The number of carbonyl (C=O) groups is 2. The zero-order valence-corrected chi connectivity index (χ0v) is 12.4. The van der Waals surface area contributed by atoms with Crippen LogP contribution in [0.15, 0.2) is 18.3 Å². The molecule has 2 rings (SSSR count). The van der Waals surface area contributed by atoms with Crippen LogP contribution in [0.1, 0.15) is 31.5 Å². The summed E-state index contributed by atoms with van der Waals surface area (Å²) in [5.74, 6) is -1.64. The SMILES string of the molecule is CC(NC(=O)C1(C(=O)O)CCOCC1)c1ncccc1Cl. The van der Waals surface area contributed by atoms with Gasteiger partial charge in [-0.25, -0.2) is 0 Å². The van der Waals surface area contributed by atoms with E-state index in [0.29, 0.717) is 10.7 Å². The van der Waals surface area contributed by atoms with Gasteiger partial charge in [-0.15, -0.1) is 0 Å². The summed E-state index contributed by atoms with van der Waals surface area (Å²) in [6.45, 7) is 2.25. The molecule has 1 saturated heterocycles. The summed E-state index contributed by atoms with van der Waals surface area (Å²) in [7, 11) is 0. The Bertz CT molecular complexity index is 544. The Labute approximate surface area is 127 Å². The highest BCUT2D eigenvalue weighted by molar-refractivity contribution is 6.31. The maximum absolute atomic E-state index is 12.4. The number of carboxylic acids is 1. The number of nitrogens with one attached hydrogen (secondary N) is 1. The minimum absolute atomic E-state index is 0.164. The molecule has 1 atom stereocenters. The number of ether oxygens (including phenoxy) is 1. The van der Waals surface area contributed by atoms with Gasteiger partial charge in [0.05, 0.1) is 16.8 Å². The average Bonchev–Trinajstić information content (AvgIpc) is 2.48. The second kappa shape index (κ2) is 6.41. The highest BCUT2D eigenvalue weighted by Crippen LogP contribution is 2.32. The van der Waals surface area contributed by atoms with E-state index in [9.17, 15) is 14.7 Å². The maximum atomic E-state index is 12.4. The van der Waals surface area contributed by atoms with Gasteiger partial charge in [0, 0.05) is 19.4 Å². The normalized spacial score (nSPS) is 18.8. The molecule has 1 aromatic heterocycles. The van der Waals surface area contributed by atoms with Gasteiger partial charge in [0.25, 0.3) is 0 Å². The van der Waals surface area contributed by atoms with E-state index in [1.807, 2.05) is 0 Å². The molecular weight excluding hydrogens is 296 g/mol. The van der Waals surface area contributed by atoms with Crippen molar-refractivity contribution in [3.63, 3.8) is 0 Å². The zero-order chi connectivity index (χ0) is 15.5. The predicted molar refractivity (Wildman–Crippen MR) is 75.9 cm³/mol. The van der Waals surface area contributed by atoms with Crippen LogP contribution in [0.4, 0.5) is 0 Å². The second-order valence-electron chi connectivity index (χ2n) is 5.07. The number of hydrogen-bond acceptors (Lipinski definition) is 4. The average molecular weight is 313 g/mol. The van der Waals surface area contributed by atoms with Crippen LogP contribution in [0.5, 0.6) is 0 Å². The van der Waals surface area contributed by atoms with Gasteiger partial charge in [0.15, 0.2) is 5.41 Å². The third-order valence-electron chi connectivity index (χ3n) is 3.74. The highest BCUT2D eigenvalue weighted by atomic mass is 35.5. The van der Waals surface area contributed by atoms with E-state index in [1.165, 1.54) is 0 Å². The van der Waals surface area contributed by atoms with Gasteiger partial charge < -0.3 is 15.2 Å². The van der Waals surface area contributed by atoms with Gasteiger partial charge in [-0.05, 0) is 31.9 Å². The van der Waals surface area contributed by atoms with Gasteiger partial charge in [-0.3, -0.25) is 14.6 Å². The lowest BCUT2D eigenvalue weighted by molar-refractivity contribution is -0.162. The highest BCUT2D eigenvalue weighted by Gasteiger charge is 2.47. The van der Waals surface area contributed by atoms with E-state index in [4.69, 9.17) is 16.3 Å². The van der Waals surface area contributed by atoms with Gasteiger partial charge in [0.2, 0.25) is 5.91 Å². The monoisotopic (exact) mass is 312 g/mol. The summed E-state index contributed by atoms with van der Waals surface area (Å²) >= 11 is 6.04. The van der Waals surface area contributed by atoms with Crippen LogP contribution in [-0.4, -0.2) is 35.2 Å². The lowest BCUT2D eigenvalue weighted by atomic mass is 9.79. The fourth-order valence-electron chi connectivity index (χ4n) is 2.38. The van der Waals surface area contributed by atoms with E-state index in [2.05, 4.69) is 10.3 Å². The van der Waals surface area contributed by atoms with Gasteiger partial charge in [0.1, 0.15) is 0 Å². The molecular formula is C14H17ClN2O4. The van der Waals surface area contributed by atoms with E-state index < -0.39 is 23.3 Å². The fourth-order valence-corrected chi connectivity index (χ4v) is 2.66. The molecule has 0 aromatic carbocycles. The summed E-state index contributed by atoms with van der Waals surface area (Å²) < 4.78 is 5.16. The fraction of sp³-hybridized carbons (Fsp3) is 0.500. The van der Waals surface area contributed by atoms with Crippen molar-refractivity contribution < 1.29 is 19.4 Å². The lowest BCUT2D eigenvalue weighted by Crippen LogP contribution is -2.50. The molecule has 2 heterocycles. The third kappa shape index (κ3) is 3.16. The van der Waals surface area contributed by atoms with Crippen LogP contribution >= 0.6 is 11.6 Å². The van der Waals surface area contributed by atoms with Crippen molar-refractivity contribution in [2.45, 2.75) is 25.8 Å². The number of halogens is 1. The standard InChI is InChI=1S/C14H17ClN2O4/c1-9(11-10(15)3-2-6-16-11)17-12(18)14(13(19)20)4-7-21-8-5-14/h2-3,6,9H,4-5,7-8H2,1H3,(H,17,18)(H,19,20). The first-order valence-electron chi connectivity index (χ1n) is 6.70. The summed E-state index contributed by atoms with van der Waals surface area (Å²) in [6, 6.07) is 2.90. The quantitative estimate of drug-likeness (QED) is 0.828. The molecule has 2 N–H and O–H groups in total. The maximum Gasteiger partial charge on any atom is 0.319 e. The van der Waals surface area contributed by atoms with Crippen molar-refractivity contribution in [3.8, 4) is 0 Å². The molecule has 1 unspecified atom stereocenters. The zero-order valence-electron chi connectivity index (χ0n) is 11.6. The largest absolute Gasteiger partial charge is 0.480 e. The molecule has 0 bridgehead atoms. The minimum atomic E-state index is -1.44. The summed E-state index contributed by atoms with van der Waals surface area (Å²) in [6.07, 6.45) is 1.90. The molecule has 0 saturated carbocycles. The molecule has 1 amide bonds. The molecule has 0 aliphatic carbocycles. The Balaban J connectivity index is 2.16. The lowest BCUT2D eigenvalue weighted by Gasteiger charge is -2.32. The number of aromatic nitrogens is 1. The van der Waals surface area contributed by atoms with Crippen molar-refractivity contribution in [3.05, 3.63) is 29.0 Å². The van der Waals surface area contributed by atoms with Gasteiger partial charge in [-0.2, -0.15) is 0 Å². The number of pyridine rings is 1. The molecule has 21 heavy (non-hydrogen) atoms. The van der Waals surface area contributed by atoms with E-state index in [0.717, 1.165) is 0 Å². The molecule has 7 heteroatoms. The van der Waals surface area contributed by atoms with Crippen molar-refractivity contribution in [2.75, 3.05) is 13.2 Å². The first kappa shape index (κ1) is 15.7. The minimum Gasteiger partial charge on any atom is -0.480 e. The molecule has 114 valence electrons. The number of carbonyl (C=O) groups excluding carboxylic acids is 1. The van der Waals surface area contributed by atoms with Crippen molar-refractivity contribution in [2.24, 2.45) is 5.41 Å². The topological polar surface area (TPSA) is 88.5 Å². The van der Waals surface area contributed by atoms with E-state index >= 15 is 0 Å². The number of rotatable bonds is 4. The summed E-state index contributed by atoms with van der Waals surface area (Å²) in [5.41, 5.74) is -0.923. The van der Waals surface area contributed by atoms with Crippen LogP contribution in [0.3, 0.4) is 0 Å². The second-order valence-corrected chi connectivity index (χ2v) is 5.47. The molecule has 0 radical (unpaired) electrons. The van der Waals surface area contributed by atoms with Gasteiger partial charge in [-0.1, -0.05) is 11.6 Å². The van der Waals surface area contributed by atoms with Crippen molar-refractivity contribution >= 4 is 23.5 Å². The first-order valence-corrected chi connectivity index (χ1v) is 7.08. The summed E-state index contributed by atoms with van der Waals surface area (Å²) in [5, 5.41) is 12.6. The van der Waals surface area contributed by atoms with Crippen molar-refractivity contribution in [1.29, 1.82) is 0 Å². The van der Waals surface area contributed by atoms with Gasteiger partial charge >= 0.3 is 5.97 Å². The number of nitrogens with zero attached hydrogens (tertiary/aromatic N) is 1. The Morgan fingerprint density at radius 3 is 2.71 bits per heavy atom. The van der Waals surface area contributed by atoms with E-state index in [1.54, 1.807) is 25.3 Å². The number of hydrogen-bond donors (Lipinski definition) is 2. The Kier molecular flexibility index (Phi) is 4.80. The third-order valence-corrected chi connectivity index (χ3v) is 4.05. The van der Waals surface area contributed by atoms with Crippen LogP contribution in [0.25, 0.3) is 0 Å². The number of aliphatic carboxylic acids is 1. The molecule has 0 spiro atoms.